The first kappa shape index (κ1) is 12.4. The third-order valence-corrected chi connectivity index (χ3v) is 4.53. The molecule has 0 bridgehead atoms. The van der Waals surface area contributed by atoms with Crippen LogP contribution in [0.3, 0.4) is 0 Å². The summed E-state index contributed by atoms with van der Waals surface area (Å²) < 4.78 is 5.80. The molecule has 1 aliphatic carbocycles. The highest BCUT2D eigenvalue weighted by atomic mass is 16.5. The highest BCUT2D eigenvalue weighted by Crippen LogP contribution is 2.36. The summed E-state index contributed by atoms with van der Waals surface area (Å²) in [5.74, 6) is 1.33. The maximum Gasteiger partial charge on any atom is 0.0841 e. The average molecular weight is 226 g/mol. The van der Waals surface area contributed by atoms with Gasteiger partial charge in [0.05, 0.1) is 18.3 Å². The Morgan fingerprint density at radius 3 is 2.69 bits per heavy atom. The molecule has 0 aromatic rings. The zero-order valence-electron chi connectivity index (χ0n) is 10.7. The summed E-state index contributed by atoms with van der Waals surface area (Å²) in [5.41, 5.74) is 0. The lowest BCUT2D eigenvalue weighted by atomic mass is 9.76. The minimum Gasteiger partial charge on any atom is -0.390 e. The number of aliphatic hydroxyl groups is 1. The topological polar surface area (TPSA) is 29.5 Å². The van der Waals surface area contributed by atoms with Gasteiger partial charge in [0.15, 0.2) is 0 Å². The Labute approximate surface area is 99.4 Å². The normalized spacial score (nSPS) is 42.2. The van der Waals surface area contributed by atoms with Gasteiger partial charge in [0.25, 0.3) is 0 Å². The number of hydrogen-bond acceptors (Lipinski definition) is 2. The summed E-state index contributed by atoms with van der Waals surface area (Å²) in [6.07, 6.45) is 8.77. The van der Waals surface area contributed by atoms with Crippen molar-refractivity contribution in [2.45, 2.75) is 77.1 Å². The van der Waals surface area contributed by atoms with Crippen molar-refractivity contribution in [1.82, 2.24) is 0 Å². The van der Waals surface area contributed by atoms with Gasteiger partial charge in [0, 0.05) is 0 Å². The highest BCUT2D eigenvalue weighted by molar-refractivity contribution is 4.85. The van der Waals surface area contributed by atoms with E-state index in [1.54, 1.807) is 0 Å². The Bertz CT molecular complexity index is 217. The minimum atomic E-state index is -0.209. The maximum atomic E-state index is 10.4. The van der Waals surface area contributed by atoms with E-state index in [2.05, 4.69) is 13.8 Å². The largest absolute Gasteiger partial charge is 0.390 e. The van der Waals surface area contributed by atoms with Crippen LogP contribution in [0.25, 0.3) is 0 Å². The third-order valence-electron chi connectivity index (χ3n) is 4.53. The lowest BCUT2D eigenvalue weighted by molar-refractivity contribution is -0.0638. The van der Waals surface area contributed by atoms with Gasteiger partial charge in [0.1, 0.15) is 0 Å². The molecule has 2 fully saturated rings. The molecule has 1 aliphatic heterocycles. The van der Waals surface area contributed by atoms with E-state index in [-0.39, 0.29) is 12.2 Å². The summed E-state index contributed by atoms with van der Waals surface area (Å²) in [4.78, 5) is 0. The van der Waals surface area contributed by atoms with Crippen LogP contribution in [-0.4, -0.2) is 23.4 Å². The van der Waals surface area contributed by atoms with Crippen molar-refractivity contribution in [3.05, 3.63) is 0 Å². The van der Waals surface area contributed by atoms with Gasteiger partial charge >= 0.3 is 0 Å². The lowest BCUT2D eigenvalue weighted by Gasteiger charge is -2.34. The maximum absolute atomic E-state index is 10.4. The smallest absolute Gasteiger partial charge is 0.0841 e. The molecule has 1 saturated heterocycles. The molecule has 94 valence electrons. The van der Waals surface area contributed by atoms with E-state index in [4.69, 9.17) is 4.74 Å². The fraction of sp³-hybridized carbons (Fsp3) is 1.00. The zero-order chi connectivity index (χ0) is 11.5. The summed E-state index contributed by atoms with van der Waals surface area (Å²) in [7, 11) is 0. The summed E-state index contributed by atoms with van der Waals surface area (Å²) in [6, 6.07) is 0. The summed E-state index contributed by atoms with van der Waals surface area (Å²) in [6.45, 7) is 4.38. The van der Waals surface area contributed by atoms with E-state index < -0.39 is 0 Å². The number of hydrogen-bond donors (Lipinski definition) is 1. The van der Waals surface area contributed by atoms with Crippen LogP contribution in [-0.2, 0) is 4.74 Å². The fourth-order valence-electron chi connectivity index (χ4n) is 3.40. The van der Waals surface area contributed by atoms with E-state index in [9.17, 15) is 5.11 Å². The Kier molecular flexibility index (Phi) is 4.26. The molecule has 1 heterocycles. The molecule has 0 amide bonds. The van der Waals surface area contributed by atoms with Crippen molar-refractivity contribution in [2.24, 2.45) is 11.8 Å². The molecular formula is C14H26O2. The van der Waals surface area contributed by atoms with Crippen LogP contribution in [0.1, 0.15) is 58.8 Å². The van der Waals surface area contributed by atoms with Crippen molar-refractivity contribution in [2.75, 3.05) is 0 Å². The first-order chi connectivity index (χ1) is 7.70. The predicted octanol–water partition coefficient (Wildman–Crippen LogP) is 3.13. The minimum absolute atomic E-state index is 0.121. The zero-order valence-corrected chi connectivity index (χ0v) is 10.7. The lowest BCUT2D eigenvalue weighted by Crippen LogP contribution is -2.36. The van der Waals surface area contributed by atoms with E-state index in [1.165, 1.54) is 32.1 Å². The third kappa shape index (κ3) is 2.78. The first-order valence-corrected chi connectivity index (χ1v) is 7.04. The molecule has 2 nitrogen and oxygen atoms in total. The molecule has 2 rings (SSSR count). The molecular weight excluding hydrogens is 200 g/mol. The number of ether oxygens (including phenoxy) is 1. The highest BCUT2D eigenvalue weighted by Gasteiger charge is 2.35. The summed E-state index contributed by atoms with van der Waals surface area (Å²) >= 11 is 0. The second kappa shape index (κ2) is 5.50. The average Bonchev–Trinajstić information content (AvgIpc) is 2.75. The van der Waals surface area contributed by atoms with Gasteiger partial charge in [-0.1, -0.05) is 26.2 Å². The van der Waals surface area contributed by atoms with Crippen molar-refractivity contribution in [3.8, 4) is 0 Å². The first-order valence-electron chi connectivity index (χ1n) is 7.04. The van der Waals surface area contributed by atoms with Crippen LogP contribution in [0, 0.1) is 11.8 Å². The molecule has 16 heavy (non-hydrogen) atoms. The Morgan fingerprint density at radius 2 is 2.06 bits per heavy atom. The van der Waals surface area contributed by atoms with Gasteiger partial charge in [-0.2, -0.15) is 0 Å². The fourth-order valence-corrected chi connectivity index (χ4v) is 3.40. The van der Waals surface area contributed by atoms with E-state index in [1.807, 2.05) is 0 Å². The van der Waals surface area contributed by atoms with Crippen LogP contribution in [0.4, 0.5) is 0 Å². The molecule has 0 radical (unpaired) electrons. The number of rotatable bonds is 3. The van der Waals surface area contributed by atoms with Gasteiger partial charge in [-0.25, -0.2) is 0 Å². The molecule has 5 unspecified atom stereocenters. The molecule has 0 spiro atoms. The Balaban J connectivity index is 1.86. The van der Waals surface area contributed by atoms with Gasteiger partial charge in [-0.05, 0) is 44.4 Å². The van der Waals surface area contributed by atoms with Crippen molar-refractivity contribution in [3.63, 3.8) is 0 Å². The molecule has 5 atom stereocenters. The second-order valence-electron chi connectivity index (χ2n) is 5.75. The van der Waals surface area contributed by atoms with E-state index in [0.717, 1.165) is 18.8 Å². The van der Waals surface area contributed by atoms with E-state index >= 15 is 0 Å². The van der Waals surface area contributed by atoms with Crippen molar-refractivity contribution in [1.29, 1.82) is 0 Å². The standard InChI is InChI=1S/C14H26O2/c1-3-11-5-4-6-12(9-11)14(15)13-8-7-10(2)16-13/h10-15H,3-9H2,1-2H3. The van der Waals surface area contributed by atoms with Crippen molar-refractivity contribution >= 4 is 0 Å². The predicted molar refractivity (Wildman–Crippen MR) is 65.3 cm³/mol. The van der Waals surface area contributed by atoms with Gasteiger partial charge < -0.3 is 9.84 Å². The molecule has 2 aliphatic rings. The van der Waals surface area contributed by atoms with Crippen LogP contribution < -0.4 is 0 Å². The molecule has 0 aromatic carbocycles. The monoisotopic (exact) mass is 226 g/mol. The van der Waals surface area contributed by atoms with Crippen LogP contribution >= 0.6 is 0 Å². The van der Waals surface area contributed by atoms with Crippen LogP contribution in [0.2, 0.25) is 0 Å². The summed E-state index contributed by atoms with van der Waals surface area (Å²) in [5, 5.41) is 10.4. The molecule has 2 heteroatoms. The second-order valence-corrected chi connectivity index (χ2v) is 5.75. The molecule has 1 saturated carbocycles. The molecule has 1 N–H and O–H groups in total. The van der Waals surface area contributed by atoms with Gasteiger partial charge in [-0.3, -0.25) is 0 Å². The van der Waals surface area contributed by atoms with E-state index in [0.29, 0.717) is 12.0 Å². The van der Waals surface area contributed by atoms with Gasteiger partial charge in [0.2, 0.25) is 0 Å². The Morgan fingerprint density at radius 1 is 1.25 bits per heavy atom. The molecule has 0 aromatic heterocycles. The SMILES string of the molecule is CCC1CCCC(C(O)C2CCC(C)O2)C1. The van der Waals surface area contributed by atoms with Crippen LogP contribution in [0.5, 0.6) is 0 Å². The van der Waals surface area contributed by atoms with Crippen molar-refractivity contribution < 1.29 is 9.84 Å². The van der Waals surface area contributed by atoms with Gasteiger partial charge in [-0.15, -0.1) is 0 Å². The quantitative estimate of drug-likeness (QED) is 0.801. The van der Waals surface area contributed by atoms with Crippen LogP contribution in [0.15, 0.2) is 0 Å². The Hall–Kier alpha value is -0.0800. The number of aliphatic hydroxyl groups excluding tert-OH is 1.